The van der Waals surface area contributed by atoms with E-state index in [4.69, 9.17) is 4.74 Å². The topological polar surface area (TPSA) is 9.23 Å². The Bertz CT molecular complexity index is 411. The van der Waals surface area contributed by atoms with Gasteiger partial charge in [0.2, 0.25) is 0 Å². The molecular weight excluding hydrogens is 196 g/mol. The van der Waals surface area contributed by atoms with Crippen LogP contribution >= 0.6 is 0 Å². The number of fused-ring (bicyclic) bond motifs is 3. The SMILES string of the molecule is C=C1COC=C2C(C)=CCC3C(C12)C3(C)C. The van der Waals surface area contributed by atoms with E-state index >= 15 is 0 Å². The number of hydrogen-bond acceptors (Lipinski definition) is 1. The Kier molecular flexibility index (Phi) is 1.93. The molecule has 1 saturated carbocycles. The van der Waals surface area contributed by atoms with Gasteiger partial charge in [0.15, 0.2) is 0 Å². The van der Waals surface area contributed by atoms with Gasteiger partial charge < -0.3 is 4.74 Å². The van der Waals surface area contributed by atoms with E-state index in [2.05, 4.69) is 33.4 Å². The predicted molar refractivity (Wildman–Crippen MR) is 65.8 cm³/mol. The van der Waals surface area contributed by atoms with E-state index in [1.165, 1.54) is 23.1 Å². The Balaban J connectivity index is 2.06. The zero-order valence-electron chi connectivity index (χ0n) is 10.4. The standard InChI is InChI=1S/C15H20O/c1-9-5-6-12-14(15(12,3)4)13-10(2)7-16-8-11(9)13/h5,8,12-14H,2,6-7H2,1,3-4H3. The molecule has 3 rings (SSSR count). The minimum Gasteiger partial charge on any atom is -0.497 e. The molecule has 2 aliphatic carbocycles. The summed E-state index contributed by atoms with van der Waals surface area (Å²) >= 11 is 0. The Morgan fingerprint density at radius 3 is 2.94 bits per heavy atom. The van der Waals surface area contributed by atoms with E-state index in [-0.39, 0.29) is 0 Å². The van der Waals surface area contributed by atoms with Crippen LogP contribution in [0.1, 0.15) is 27.2 Å². The maximum absolute atomic E-state index is 5.51. The number of allylic oxidation sites excluding steroid dienone is 3. The van der Waals surface area contributed by atoms with Crippen LogP contribution < -0.4 is 0 Å². The van der Waals surface area contributed by atoms with Gasteiger partial charge in [-0.15, -0.1) is 0 Å². The number of ether oxygens (including phenoxy) is 1. The summed E-state index contributed by atoms with van der Waals surface area (Å²) in [6.45, 7) is 11.9. The average molecular weight is 216 g/mol. The Hall–Kier alpha value is -0.980. The molecule has 1 nitrogen and oxygen atoms in total. The quantitative estimate of drug-likeness (QED) is 0.561. The van der Waals surface area contributed by atoms with Gasteiger partial charge in [0.25, 0.3) is 0 Å². The Morgan fingerprint density at radius 1 is 1.44 bits per heavy atom. The highest BCUT2D eigenvalue weighted by Gasteiger charge is 2.62. The average Bonchev–Trinajstić information content (AvgIpc) is 2.81. The smallest absolute Gasteiger partial charge is 0.109 e. The molecule has 0 N–H and O–H groups in total. The maximum atomic E-state index is 5.51. The first-order chi connectivity index (χ1) is 7.53. The highest BCUT2D eigenvalue weighted by Crippen LogP contribution is 2.67. The second-order valence-electron chi connectivity index (χ2n) is 6.10. The molecule has 0 saturated heterocycles. The summed E-state index contributed by atoms with van der Waals surface area (Å²) in [4.78, 5) is 0. The van der Waals surface area contributed by atoms with Gasteiger partial charge in [-0.1, -0.05) is 26.5 Å². The van der Waals surface area contributed by atoms with Gasteiger partial charge in [0.05, 0.1) is 6.26 Å². The Labute approximate surface area is 97.9 Å². The highest BCUT2D eigenvalue weighted by atomic mass is 16.5. The molecule has 3 aliphatic rings. The second-order valence-corrected chi connectivity index (χ2v) is 6.10. The highest BCUT2D eigenvalue weighted by molar-refractivity contribution is 5.42. The molecular formula is C15H20O. The zero-order chi connectivity index (χ0) is 11.5. The fourth-order valence-corrected chi connectivity index (χ4v) is 3.73. The van der Waals surface area contributed by atoms with Gasteiger partial charge in [-0.2, -0.15) is 0 Å². The zero-order valence-corrected chi connectivity index (χ0v) is 10.4. The fourth-order valence-electron chi connectivity index (χ4n) is 3.73. The molecule has 86 valence electrons. The molecule has 0 radical (unpaired) electrons. The summed E-state index contributed by atoms with van der Waals surface area (Å²) in [7, 11) is 0. The van der Waals surface area contributed by atoms with Crippen LogP contribution in [0.5, 0.6) is 0 Å². The van der Waals surface area contributed by atoms with Crippen molar-refractivity contribution in [2.24, 2.45) is 23.2 Å². The van der Waals surface area contributed by atoms with Crippen molar-refractivity contribution in [2.75, 3.05) is 6.61 Å². The van der Waals surface area contributed by atoms with E-state index in [9.17, 15) is 0 Å². The molecule has 0 bridgehead atoms. The molecule has 0 aromatic rings. The summed E-state index contributed by atoms with van der Waals surface area (Å²) in [5.41, 5.74) is 4.54. The van der Waals surface area contributed by atoms with Gasteiger partial charge in [-0.25, -0.2) is 0 Å². The van der Waals surface area contributed by atoms with Crippen LogP contribution in [-0.2, 0) is 4.74 Å². The van der Waals surface area contributed by atoms with Crippen molar-refractivity contribution < 1.29 is 4.74 Å². The van der Waals surface area contributed by atoms with Crippen molar-refractivity contribution in [3.63, 3.8) is 0 Å². The third-order valence-corrected chi connectivity index (χ3v) is 4.89. The van der Waals surface area contributed by atoms with Gasteiger partial charge in [0.1, 0.15) is 6.61 Å². The number of rotatable bonds is 0. The lowest BCUT2D eigenvalue weighted by molar-refractivity contribution is 0.239. The van der Waals surface area contributed by atoms with Crippen LogP contribution in [0, 0.1) is 23.2 Å². The largest absolute Gasteiger partial charge is 0.497 e. The second kappa shape index (κ2) is 3.03. The molecule has 0 amide bonds. The van der Waals surface area contributed by atoms with Crippen molar-refractivity contribution in [3.8, 4) is 0 Å². The molecule has 1 heterocycles. The lowest BCUT2D eigenvalue weighted by Crippen LogP contribution is -2.20. The third-order valence-electron chi connectivity index (χ3n) is 4.89. The Morgan fingerprint density at radius 2 is 2.19 bits per heavy atom. The van der Waals surface area contributed by atoms with E-state index in [0.717, 1.165) is 11.8 Å². The minimum absolute atomic E-state index is 0.487. The van der Waals surface area contributed by atoms with E-state index in [1.807, 2.05) is 6.26 Å². The number of hydrogen-bond donors (Lipinski definition) is 0. The molecule has 3 atom stereocenters. The molecule has 3 unspecified atom stereocenters. The fraction of sp³-hybridized carbons (Fsp3) is 0.600. The molecule has 0 aromatic carbocycles. The normalized spacial score (nSPS) is 39.7. The van der Waals surface area contributed by atoms with Crippen molar-refractivity contribution in [1.29, 1.82) is 0 Å². The maximum Gasteiger partial charge on any atom is 0.109 e. The molecule has 0 aromatic heterocycles. The van der Waals surface area contributed by atoms with Crippen LogP contribution in [0.25, 0.3) is 0 Å². The van der Waals surface area contributed by atoms with Gasteiger partial charge in [0, 0.05) is 5.92 Å². The summed E-state index contributed by atoms with van der Waals surface area (Å²) < 4.78 is 5.51. The predicted octanol–water partition coefficient (Wildman–Crippen LogP) is 3.70. The molecule has 16 heavy (non-hydrogen) atoms. The van der Waals surface area contributed by atoms with Crippen LogP contribution in [-0.4, -0.2) is 6.61 Å². The van der Waals surface area contributed by atoms with Gasteiger partial charge in [-0.3, -0.25) is 0 Å². The van der Waals surface area contributed by atoms with E-state index < -0.39 is 0 Å². The van der Waals surface area contributed by atoms with Crippen LogP contribution in [0.4, 0.5) is 0 Å². The summed E-state index contributed by atoms with van der Waals surface area (Å²) in [5.74, 6) is 2.17. The summed E-state index contributed by atoms with van der Waals surface area (Å²) in [6, 6.07) is 0. The minimum atomic E-state index is 0.487. The van der Waals surface area contributed by atoms with E-state index in [1.54, 1.807) is 0 Å². The first-order valence-electron chi connectivity index (χ1n) is 6.20. The van der Waals surface area contributed by atoms with Crippen molar-refractivity contribution in [3.05, 3.63) is 35.6 Å². The summed E-state index contributed by atoms with van der Waals surface area (Å²) in [6.07, 6.45) is 5.59. The van der Waals surface area contributed by atoms with Crippen molar-refractivity contribution >= 4 is 0 Å². The lowest BCUT2D eigenvalue weighted by Gasteiger charge is -2.28. The molecule has 1 fully saturated rings. The lowest BCUT2D eigenvalue weighted by atomic mass is 9.81. The molecule has 1 heteroatoms. The first-order valence-corrected chi connectivity index (χ1v) is 6.20. The molecule has 0 spiro atoms. The van der Waals surface area contributed by atoms with Crippen molar-refractivity contribution in [2.45, 2.75) is 27.2 Å². The monoisotopic (exact) mass is 216 g/mol. The van der Waals surface area contributed by atoms with Gasteiger partial charge in [-0.05, 0) is 47.3 Å². The summed E-state index contributed by atoms with van der Waals surface area (Å²) in [5, 5.41) is 0. The van der Waals surface area contributed by atoms with Crippen molar-refractivity contribution in [1.82, 2.24) is 0 Å². The molecule has 1 aliphatic heterocycles. The van der Waals surface area contributed by atoms with Crippen LogP contribution in [0.3, 0.4) is 0 Å². The third kappa shape index (κ3) is 1.17. The van der Waals surface area contributed by atoms with Gasteiger partial charge >= 0.3 is 0 Å². The van der Waals surface area contributed by atoms with Crippen LogP contribution in [0.2, 0.25) is 0 Å². The van der Waals surface area contributed by atoms with E-state index in [0.29, 0.717) is 17.9 Å². The van der Waals surface area contributed by atoms with Crippen LogP contribution in [0.15, 0.2) is 35.6 Å². The first kappa shape index (κ1) is 10.2.